The van der Waals surface area contributed by atoms with Crippen LogP contribution >= 0.6 is 0 Å². The van der Waals surface area contributed by atoms with Crippen molar-refractivity contribution in [2.45, 2.75) is 39.5 Å². The Morgan fingerprint density at radius 3 is 2.53 bits per heavy atom. The number of rotatable bonds is 6. The van der Waals surface area contributed by atoms with Gasteiger partial charge < -0.3 is 4.42 Å². The minimum Gasteiger partial charge on any atom is -0.461 e. The van der Waals surface area contributed by atoms with Gasteiger partial charge in [-0.05, 0) is 31.4 Å². The van der Waals surface area contributed by atoms with E-state index in [0.29, 0.717) is 0 Å². The zero-order valence-corrected chi connectivity index (χ0v) is 11.9. The first-order chi connectivity index (χ1) is 9.27. The quantitative estimate of drug-likeness (QED) is 0.609. The lowest BCUT2D eigenvalue weighted by Crippen LogP contribution is -1.90. The molecule has 0 saturated carbocycles. The second-order valence-electron chi connectivity index (χ2n) is 4.90. The van der Waals surface area contributed by atoms with Crippen LogP contribution in [0.4, 0.5) is 0 Å². The third-order valence-electron chi connectivity index (χ3n) is 3.51. The summed E-state index contributed by atoms with van der Waals surface area (Å²) in [4.78, 5) is 0. The lowest BCUT2D eigenvalue weighted by molar-refractivity contribution is 0.520. The lowest BCUT2D eigenvalue weighted by atomic mass is 9.96. The molecule has 1 nitrogen and oxygen atoms in total. The van der Waals surface area contributed by atoms with Crippen molar-refractivity contribution in [2.75, 3.05) is 0 Å². The van der Waals surface area contributed by atoms with Crippen molar-refractivity contribution < 1.29 is 4.42 Å². The molecule has 0 radical (unpaired) electrons. The summed E-state index contributed by atoms with van der Waals surface area (Å²) >= 11 is 0. The van der Waals surface area contributed by atoms with E-state index in [1.54, 1.807) is 0 Å². The van der Waals surface area contributed by atoms with E-state index in [4.69, 9.17) is 4.42 Å². The molecule has 100 valence electrons. The van der Waals surface area contributed by atoms with Crippen molar-refractivity contribution in [1.29, 1.82) is 0 Å². The number of unbranched alkanes of at least 4 members (excludes halogenated alkanes) is 2. The fourth-order valence-electron chi connectivity index (χ4n) is 2.52. The molecule has 2 rings (SSSR count). The van der Waals surface area contributed by atoms with Crippen LogP contribution in [0.15, 0.2) is 41.3 Å². The summed E-state index contributed by atoms with van der Waals surface area (Å²) in [5, 5.41) is 0. The van der Waals surface area contributed by atoms with Gasteiger partial charge in [-0.1, -0.05) is 56.7 Å². The molecule has 0 N–H and O–H groups in total. The van der Waals surface area contributed by atoms with Gasteiger partial charge in [-0.2, -0.15) is 0 Å². The molecule has 1 aromatic carbocycles. The molecule has 1 heterocycles. The van der Waals surface area contributed by atoms with Gasteiger partial charge in [-0.25, -0.2) is 0 Å². The highest BCUT2D eigenvalue weighted by Gasteiger charge is 2.16. The molecule has 2 aromatic rings. The number of aryl methyl sites for hydroxylation is 1. The van der Waals surface area contributed by atoms with Crippen LogP contribution in [0.1, 0.15) is 43.3 Å². The first-order valence-corrected chi connectivity index (χ1v) is 7.08. The molecule has 0 aliphatic carbocycles. The normalized spacial score (nSPS) is 10.6. The molecule has 1 aromatic heterocycles. The Balaban J connectivity index is 2.41. The molecule has 0 aliphatic rings. The molecule has 0 unspecified atom stereocenters. The minimum atomic E-state index is 0.898. The molecular weight excluding hydrogens is 232 g/mol. The highest BCUT2D eigenvalue weighted by molar-refractivity contribution is 5.76. The molecule has 1 heteroatoms. The van der Waals surface area contributed by atoms with Crippen molar-refractivity contribution in [2.24, 2.45) is 0 Å². The Kier molecular flexibility index (Phi) is 4.62. The van der Waals surface area contributed by atoms with Crippen LogP contribution in [-0.2, 0) is 6.42 Å². The molecule has 0 bridgehead atoms. The van der Waals surface area contributed by atoms with Crippen LogP contribution in [0.3, 0.4) is 0 Å². The SMILES string of the molecule is C=Cc1oc(C)c(CCCCC)c1-c1ccccc1. The molecule has 0 saturated heterocycles. The van der Waals surface area contributed by atoms with Crippen molar-refractivity contribution in [1.82, 2.24) is 0 Å². The van der Waals surface area contributed by atoms with Gasteiger partial charge in [0.15, 0.2) is 0 Å². The third kappa shape index (κ3) is 2.98. The maximum atomic E-state index is 5.86. The van der Waals surface area contributed by atoms with Crippen LogP contribution < -0.4 is 0 Å². The fourth-order valence-corrected chi connectivity index (χ4v) is 2.52. The predicted molar refractivity (Wildman–Crippen MR) is 82.2 cm³/mol. The number of hydrogen-bond acceptors (Lipinski definition) is 1. The van der Waals surface area contributed by atoms with Gasteiger partial charge in [0.2, 0.25) is 0 Å². The van der Waals surface area contributed by atoms with Gasteiger partial charge in [-0.3, -0.25) is 0 Å². The Labute approximate surface area is 116 Å². The average Bonchev–Trinajstić information content (AvgIpc) is 2.77. The van der Waals surface area contributed by atoms with Gasteiger partial charge in [0.1, 0.15) is 11.5 Å². The largest absolute Gasteiger partial charge is 0.461 e. The summed E-state index contributed by atoms with van der Waals surface area (Å²) in [7, 11) is 0. The van der Waals surface area contributed by atoms with E-state index in [2.05, 4.69) is 44.7 Å². The molecule has 0 atom stereocenters. The highest BCUT2D eigenvalue weighted by Crippen LogP contribution is 2.34. The number of benzene rings is 1. The molecule has 0 spiro atoms. The fraction of sp³-hybridized carbons (Fsp3) is 0.333. The van der Waals surface area contributed by atoms with Gasteiger partial charge in [0.05, 0.1) is 0 Å². The second-order valence-corrected chi connectivity index (χ2v) is 4.90. The molecule has 0 amide bonds. The van der Waals surface area contributed by atoms with E-state index in [1.165, 1.54) is 36.0 Å². The molecule has 19 heavy (non-hydrogen) atoms. The van der Waals surface area contributed by atoms with E-state index in [9.17, 15) is 0 Å². The van der Waals surface area contributed by atoms with Crippen molar-refractivity contribution in [3.8, 4) is 11.1 Å². The molecular formula is C18H22O. The van der Waals surface area contributed by atoms with Gasteiger partial charge in [-0.15, -0.1) is 0 Å². The summed E-state index contributed by atoms with van der Waals surface area (Å²) in [6.45, 7) is 8.16. The molecule has 0 aliphatic heterocycles. The van der Waals surface area contributed by atoms with Crippen LogP contribution in [0, 0.1) is 6.92 Å². The van der Waals surface area contributed by atoms with Gasteiger partial charge in [0, 0.05) is 11.1 Å². The zero-order chi connectivity index (χ0) is 13.7. The standard InChI is InChI=1S/C18H22O/c1-4-6-8-13-16-14(3)19-17(5-2)18(16)15-11-9-7-10-12-15/h5,7,9-12H,2,4,6,8,13H2,1,3H3. The summed E-state index contributed by atoms with van der Waals surface area (Å²) in [6, 6.07) is 10.5. The van der Waals surface area contributed by atoms with E-state index in [1.807, 2.05) is 12.1 Å². The summed E-state index contributed by atoms with van der Waals surface area (Å²) < 4.78 is 5.86. The Morgan fingerprint density at radius 2 is 1.89 bits per heavy atom. The minimum absolute atomic E-state index is 0.898. The van der Waals surface area contributed by atoms with E-state index >= 15 is 0 Å². The van der Waals surface area contributed by atoms with Gasteiger partial charge in [0.25, 0.3) is 0 Å². The highest BCUT2D eigenvalue weighted by atomic mass is 16.3. The first-order valence-electron chi connectivity index (χ1n) is 7.08. The maximum absolute atomic E-state index is 5.86. The Hall–Kier alpha value is -1.76. The average molecular weight is 254 g/mol. The predicted octanol–water partition coefficient (Wildman–Crippen LogP) is 5.63. The summed E-state index contributed by atoms with van der Waals surface area (Å²) in [5.74, 6) is 1.93. The Bertz CT molecular complexity index is 534. The number of furan rings is 1. The Morgan fingerprint density at radius 1 is 1.16 bits per heavy atom. The molecule has 0 fully saturated rings. The maximum Gasteiger partial charge on any atom is 0.134 e. The van der Waals surface area contributed by atoms with Crippen molar-refractivity contribution in [3.63, 3.8) is 0 Å². The zero-order valence-electron chi connectivity index (χ0n) is 11.9. The van der Waals surface area contributed by atoms with Crippen molar-refractivity contribution in [3.05, 3.63) is 54.0 Å². The van der Waals surface area contributed by atoms with Crippen LogP contribution in [-0.4, -0.2) is 0 Å². The number of hydrogen-bond donors (Lipinski definition) is 0. The smallest absolute Gasteiger partial charge is 0.134 e. The van der Waals surface area contributed by atoms with E-state index in [-0.39, 0.29) is 0 Å². The van der Waals surface area contributed by atoms with E-state index in [0.717, 1.165) is 17.9 Å². The second kappa shape index (κ2) is 6.42. The van der Waals surface area contributed by atoms with Crippen LogP contribution in [0.25, 0.3) is 17.2 Å². The lowest BCUT2D eigenvalue weighted by Gasteiger charge is -2.05. The van der Waals surface area contributed by atoms with E-state index < -0.39 is 0 Å². The monoisotopic (exact) mass is 254 g/mol. The van der Waals surface area contributed by atoms with Crippen LogP contribution in [0.2, 0.25) is 0 Å². The van der Waals surface area contributed by atoms with Crippen LogP contribution in [0.5, 0.6) is 0 Å². The first kappa shape index (κ1) is 13.7. The third-order valence-corrected chi connectivity index (χ3v) is 3.51. The van der Waals surface area contributed by atoms with Crippen molar-refractivity contribution >= 4 is 6.08 Å². The summed E-state index contributed by atoms with van der Waals surface area (Å²) in [6.07, 6.45) is 6.63. The summed E-state index contributed by atoms with van der Waals surface area (Å²) in [5.41, 5.74) is 3.79. The topological polar surface area (TPSA) is 13.1 Å². The van der Waals surface area contributed by atoms with Gasteiger partial charge >= 0.3 is 0 Å².